The van der Waals surface area contributed by atoms with Crippen molar-refractivity contribution in [1.82, 2.24) is 0 Å². The fraction of sp³-hybridized carbons (Fsp3) is 0.0811. The summed E-state index contributed by atoms with van der Waals surface area (Å²) in [5.41, 5.74) is 6.09. The molecule has 0 atom stereocenters. The number of hydrogen-bond donors (Lipinski definition) is 0. The van der Waals surface area contributed by atoms with Gasteiger partial charge >= 0.3 is 0 Å². The minimum absolute atomic E-state index is 0.475. The number of fused-ring (bicyclic) bond motifs is 2. The number of hydrogen-bond acceptors (Lipinski definition) is 3. The number of benzene rings is 6. The summed E-state index contributed by atoms with van der Waals surface area (Å²) in [5.74, 6) is 0.746. The third-order valence-electron chi connectivity index (χ3n) is 8.00. The summed E-state index contributed by atoms with van der Waals surface area (Å²) in [6.07, 6.45) is 0. The van der Waals surface area contributed by atoms with E-state index < -0.39 is 7.14 Å². The van der Waals surface area contributed by atoms with Gasteiger partial charge in [0.05, 0.1) is 20.3 Å². The number of ether oxygens (including phenoxy) is 2. The van der Waals surface area contributed by atoms with E-state index in [2.05, 4.69) is 36.4 Å². The zero-order valence-corrected chi connectivity index (χ0v) is 23.7. The molecule has 0 bridgehead atoms. The summed E-state index contributed by atoms with van der Waals surface area (Å²) in [7, 11) is -1.73. The minimum Gasteiger partial charge on any atom is -0.496 e. The van der Waals surface area contributed by atoms with Crippen molar-refractivity contribution in [1.29, 1.82) is 0 Å². The molecule has 0 saturated heterocycles. The Labute approximate surface area is 240 Å². The maximum absolute atomic E-state index is 16.3. The third kappa shape index (κ3) is 4.21. The quantitative estimate of drug-likeness (QED) is 0.197. The monoisotopic (exact) mass is 552 g/mol. The summed E-state index contributed by atoms with van der Waals surface area (Å²) in [4.78, 5) is 0. The van der Waals surface area contributed by atoms with Crippen LogP contribution in [0.15, 0.2) is 133 Å². The van der Waals surface area contributed by atoms with Crippen LogP contribution in [0.2, 0.25) is 0 Å². The van der Waals surface area contributed by atoms with Crippen LogP contribution in [0.1, 0.15) is 11.1 Å². The van der Waals surface area contributed by atoms with Gasteiger partial charge in [-0.25, -0.2) is 0 Å². The largest absolute Gasteiger partial charge is 0.496 e. The SMILES string of the molecule is COc1ccc2ccccc2c1-c1cc2c(c(-c3ccccc3)c1P(=O)(c1ccccc1)c1ccccc1)COC2. The second-order valence-corrected chi connectivity index (χ2v) is 13.0. The lowest BCUT2D eigenvalue weighted by atomic mass is 9.89. The van der Waals surface area contributed by atoms with E-state index >= 15 is 4.57 Å². The van der Waals surface area contributed by atoms with E-state index in [4.69, 9.17) is 9.47 Å². The smallest absolute Gasteiger partial charge is 0.172 e. The zero-order chi connectivity index (χ0) is 27.8. The average Bonchev–Trinajstić information content (AvgIpc) is 3.53. The van der Waals surface area contributed by atoms with Gasteiger partial charge < -0.3 is 14.0 Å². The molecule has 0 aliphatic carbocycles. The molecule has 1 aliphatic heterocycles. The summed E-state index contributed by atoms with van der Waals surface area (Å²) < 4.78 is 28.4. The van der Waals surface area contributed by atoms with Crippen LogP contribution in [-0.2, 0) is 22.5 Å². The van der Waals surface area contributed by atoms with Crippen LogP contribution >= 0.6 is 7.14 Å². The molecule has 0 radical (unpaired) electrons. The molecular formula is C37H29O3P. The van der Waals surface area contributed by atoms with Gasteiger partial charge in [0.15, 0.2) is 7.14 Å². The van der Waals surface area contributed by atoms with Crippen molar-refractivity contribution in [3.63, 3.8) is 0 Å². The van der Waals surface area contributed by atoms with Gasteiger partial charge in [-0.15, -0.1) is 0 Å². The first kappa shape index (κ1) is 25.5. The van der Waals surface area contributed by atoms with Crippen LogP contribution in [0.25, 0.3) is 33.0 Å². The third-order valence-corrected chi connectivity index (χ3v) is 11.1. The van der Waals surface area contributed by atoms with Crippen molar-refractivity contribution >= 4 is 33.8 Å². The minimum atomic E-state index is -3.43. The van der Waals surface area contributed by atoms with Gasteiger partial charge in [-0.3, -0.25) is 0 Å². The fourth-order valence-corrected chi connectivity index (χ4v) is 9.23. The molecule has 6 aromatic carbocycles. The van der Waals surface area contributed by atoms with E-state index in [0.29, 0.717) is 13.2 Å². The predicted molar refractivity (Wildman–Crippen MR) is 169 cm³/mol. The molecule has 1 heterocycles. The van der Waals surface area contributed by atoms with E-state index in [9.17, 15) is 0 Å². The van der Waals surface area contributed by atoms with Crippen molar-refractivity contribution in [2.24, 2.45) is 0 Å². The predicted octanol–water partition coefficient (Wildman–Crippen LogP) is 7.85. The molecular weight excluding hydrogens is 523 g/mol. The highest BCUT2D eigenvalue weighted by molar-refractivity contribution is 7.85. The summed E-state index contributed by atoms with van der Waals surface area (Å²) in [6, 6.07) is 44.8. The molecule has 0 aromatic heterocycles. The molecule has 7 rings (SSSR count). The highest BCUT2D eigenvalue weighted by atomic mass is 31.2. The van der Waals surface area contributed by atoms with E-state index in [-0.39, 0.29) is 0 Å². The lowest BCUT2D eigenvalue weighted by Crippen LogP contribution is -2.29. The maximum atomic E-state index is 16.3. The van der Waals surface area contributed by atoms with Crippen LogP contribution < -0.4 is 20.7 Å². The van der Waals surface area contributed by atoms with Crippen LogP contribution in [0, 0.1) is 0 Å². The average molecular weight is 553 g/mol. The lowest BCUT2D eigenvalue weighted by molar-refractivity contribution is 0.134. The highest BCUT2D eigenvalue weighted by Gasteiger charge is 2.38. The lowest BCUT2D eigenvalue weighted by Gasteiger charge is -2.28. The Morgan fingerprint density at radius 2 is 1.27 bits per heavy atom. The molecule has 0 unspecified atom stereocenters. The van der Waals surface area contributed by atoms with Gasteiger partial charge in [0.2, 0.25) is 0 Å². The first-order valence-corrected chi connectivity index (χ1v) is 15.5. The molecule has 4 heteroatoms. The summed E-state index contributed by atoms with van der Waals surface area (Å²) in [6.45, 7) is 0.986. The molecule has 6 aromatic rings. The van der Waals surface area contributed by atoms with Crippen molar-refractivity contribution in [3.05, 3.63) is 145 Å². The normalized spacial score (nSPS) is 12.8. The Kier molecular flexibility index (Phi) is 6.55. The van der Waals surface area contributed by atoms with Gasteiger partial charge in [-0.2, -0.15) is 0 Å². The highest BCUT2D eigenvalue weighted by Crippen LogP contribution is 2.52. The molecule has 0 fully saturated rings. The molecule has 0 amide bonds. The Morgan fingerprint density at radius 1 is 0.659 bits per heavy atom. The summed E-state index contributed by atoms with van der Waals surface area (Å²) in [5, 5.41) is 4.56. The van der Waals surface area contributed by atoms with Gasteiger partial charge in [0.1, 0.15) is 5.75 Å². The Balaban J connectivity index is 1.73. The van der Waals surface area contributed by atoms with Crippen LogP contribution in [0.4, 0.5) is 0 Å². The molecule has 1 aliphatic rings. The van der Waals surface area contributed by atoms with E-state index in [0.717, 1.165) is 65.8 Å². The second-order valence-electron chi connectivity index (χ2n) is 10.3. The Bertz CT molecular complexity index is 1870. The number of rotatable bonds is 6. The van der Waals surface area contributed by atoms with Crippen LogP contribution in [0.5, 0.6) is 5.75 Å². The molecule has 200 valence electrons. The standard InChI is InChI=1S/C37H29O3P/c1-39-34-22-21-26-13-11-12-20-31(26)36(34)32-23-28-24-40-25-33(28)35(27-14-5-2-6-15-27)37(32)41(38,29-16-7-3-8-17-29)30-18-9-4-10-19-30/h2-23H,24-25H2,1H3. The molecule has 41 heavy (non-hydrogen) atoms. The van der Waals surface area contributed by atoms with E-state index in [1.165, 1.54) is 0 Å². The summed E-state index contributed by atoms with van der Waals surface area (Å²) >= 11 is 0. The topological polar surface area (TPSA) is 35.5 Å². The van der Waals surface area contributed by atoms with Gasteiger partial charge in [0, 0.05) is 21.5 Å². The van der Waals surface area contributed by atoms with Crippen molar-refractivity contribution in [2.45, 2.75) is 13.2 Å². The molecule has 0 saturated carbocycles. The first-order valence-electron chi connectivity index (χ1n) is 13.8. The Hall–Kier alpha value is -4.43. The molecule has 3 nitrogen and oxygen atoms in total. The molecule has 0 N–H and O–H groups in total. The van der Waals surface area contributed by atoms with Crippen LogP contribution in [0.3, 0.4) is 0 Å². The Morgan fingerprint density at radius 3 is 1.93 bits per heavy atom. The number of methoxy groups -OCH3 is 1. The van der Waals surface area contributed by atoms with Crippen molar-refractivity contribution < 1.29 is 14.0 Å². The van der Waals surface area contributed by atoms with Gasteiger partial charge in [0.25, 0.3) is 0 Å². The van der Waals surface area contributed by atoms with Crippen LogP contribution in [-0.4, -0.2) is 7.11 Å². The zero-order valence-electron chi connectivity index (χ0n) is 22.8. The fourth-order valence-electron chi connectivity index (χ4n) is 6.14. The van der Waals surface area contributed by atoms with Crippen molar-refractivity contribution in [2.75, 3.05) is 7.11 Å². The molecule has 0 spiro atoms. The maximum Gasteiger partial charge on any atom is 0.172 e. The van der Waals surface area contributed by atoms with Gasteiger partial charge in [-0.05, 0) is 50.7 Å². The van der Waals surface area contributed by atoms with Gasteiger partial charge in [-0.1, -0.05) is 121 Å². The second kappa shape index (κ2) is 10.5. The van der Waals surface area contributed by atoms with E-state index in [1.54, 1.807) is 7.11 Å². The van der Waals surface area contributed by atoms with E-state index in [1.807, 2.05) is 97.1 Å². The first-order chi connectivity index (χ1) is 20.2. The van der Waals surface area contributed by atoms with Crippen molar-refractivity contribution in [3.8, 4) is 28.0 Å².